The van der Waals surface area contributed by atoms with E-state index in [0.717, 1.165) is 0 Å². The van der Waals surface area contributed by atoms with Gasteiger partial charge in [0, 0.05) is 25.8 Å². The molecule has 128 valence electrons. The Labute approximate surface area is 144 Å². The molecule has 0 radical (unpaired) electrons. The van der Waals surface area contributed by atoms with Gasteiger partial charge in [-0.15, -0.1) is 0 Å². The third-order valence-corrected chi connectivity index (χ3v) is 4.20. The highest BCUT2D eigenvalue weighted by Crippen LogP contribution is 2.28. The van der Waals surface area contributed by atoms with Crippen molar-refractivity contribution in [3.8, 4) is 11.6 Å². The van der Waals surface area contributed by atoms with Crippen LogP contribution in [0, 0.1) is 0 Å². The molecule has 3 heterocycles. The maximum atomic E-state index is 12.3. The molecule has 0 fully saturated rings. The smallest absolute Gasteiger partial charge is 0.261 e. The van der Waals surface area contributed by atoms with Crippen LogP contribution in [0.3, 0.4) is 0 Å². The zero-order chi connectivity index (χ0) is 17.2. The van der Waals surface area contributed by atoms with Crippen molar-refractivity contribution in [2.75, 3.05) is 26.2 Å². The molecule has 1 aromatic carbocycles. The van der Waals surface area contributed by atoms with Gasteiger partial charge in [0.25, 0.3) is 17.7 Å². The van der Waals surface area contributed by atoms with Crippen LogP contribution in [0.5, 0.6) is 11.6 Å². The molecule has 2 aliphatic heterocycles. The third-order valence-electron chi connectivity index (χ3n) is 4.20. The molecule has 2 aromatic rings. The maximum absolute atomic E-state index is 12.3. The van der Waals surface area contributed by atoms with E-state index < -0.39 is 0 Å². The molecule has 7 heteroatoms. The van der Waals surface area contributed by atoms with Crippen molar-refractivity contribution in [1.29, 1.82) is 0 Å². The summed E-state index contributed by atoms with van der Waals surface area (Å²) in [5.74, 6) is 0.654. The van der Waals surface area contributed by atoms with Gasteiger partial charge in [-0.25, -0.2) is 4.98 Å². The van der Waals surface area contributed by atoms with Crippen LogP contribution in [0.2, 0.25) is 0 Å². The molecule has 25 heavy (non-hydrogen) atoms. The Kier molecular flexibility index (Phi) is 4.07. The monoisotopic (exact) mass is 339 g/mol. The van der Waals surface area contributed by atoms with Crippen LogP contribution in [0.4, 0.5) is 0 Å². The second-order valence-electron chi connectivity index (χ2n) is 5.87. The van der Waals surface area contributed by atoms with Gasteiger partial charge in [0.1, 0.15) is 12.7 Å². The molecular formula is C18H17N3O4. The van der Waals surface area contributed by atoms with Crippen molar-refractivity contribution in [3.63, 3.8) is 0 Å². The minimum absolute atomic E-state index is 0.162. The first kappa shape index (κ1) is 15.6. The molecule has 1 aromatic heterocycles. The van der Waals surface area contributed by atoms with E-state index >= 15 is 0 Å². The van der Waals surface area contributed by atoms with Crippen molar-refractivity contribution in [2.24, 2.45) is 0 Å². The van der Waals surface area contributed by atoms with Gasteiger partial charge in [-0.05, 0) is 24.3 Å². The number of ether oxygens (including phenoxy) is 2. The van der Waals surface area contributed by atoms with Gasteiger partial charge in [-0.2, -0.15) is 0 Å². The summed E-state index contributed by atoms with van der Waals surface area (Å²) in [4.78, 5) is 29.9. The SMILES string of the molecule is O=C1c2ccccc2C(=O)N1CCNCC1COc2cccnc2O1. The fraction of sp³-hybridized carbons (Fsp3) is 0.278. The average molecular weight is 339 g/mol. The molecule has 7 nitrogen and oxygen atoms in total. The molecule has 0 spiro atoms. The topological polar surface area (TPSA) is 80.8 Å². The summed E-state index contributed by atoms with van der Waals surface area (Å²) in [5.41, 5.74) is 0.943. The number of benzene rings is 1. The Bertz CT molecular complexity index is 788. The van der Waals surface area contributed by atoms with E-state index in [1.54, 1.807) is 36.5 Å². The van der Waals surface area contributed by atoms with Gasteiger partial charge in [-0.1, -0.05) is 12.1 Å². The second kappa shape index (κ2) is 6.52. The first-order valence-corrected chi connectivity index (χ1v) is 8.14. The van der Waals surface area contributed by atoms with Crippen molar-refractivity contribution in [3.05, 3.63) is 53.7 Å². The molecule has 1 N–H and O–H groups in total. The van der Waals surface area contributed by atoms with Crippen LogP contribution in [0.25, 0.3) is 0 Å². The minimum Gasteiger partial charge on any atom is -0.484 e. The lowest BCUT2D eigenvalue weighted by molar-refractivity contribution is 0.0647. The number of rotatable bonds is 5. The number of pyridine rings is 1. The number of amides is 2. The van der Waals surface area contributed by atoms with Crippen LogP contribution in [-0.4, -0.2) is 54.0 Å². The second-order valence-corrected chi connectivity index (χ2v) is 5.87. The van der Waals surface area contributed by atoms with E-state index in [1.165, 1.54) is 4.90 Å². The number of hydrogen-bond donors (Lipinski definition) is 1. The van der Waals surface area contributed by atoms with E-state index in [4.69, 9.17) is 9.47 Å². The summed E-state index contributed by atoms with van der Waals surface area (Å²) in [6.07, 6.45) is 1.49. The molecule has 2 amide bonds. The Hall–Kier alpha value is -2.93. The molecule has 0 saturated carbocycles. The molecule has 2 aliphatic rings. The summed E-state index contributed by atoms with van der Waals surface area (Å²) in [5, 5.41) is 3.20. The predicted molar refractivity (Wildman–Crippen MR) is 88.8 cm³/mol. The Morgan fingerprint density at radius 3 is 2.64 bits per heavy atom. The predicted octanol–water partition coefficient (Wildman–Crippen LogP) is 1.11. The van der Waals surface area contributed by atoms with Gasteiger partial charge in [0.15, 0.2) is 5.75 Å². The largest absolute Gasteiger partial charge is 0.484 e. The van der Waals surface area contributed by atoms with Crippen LogP contribution in [0.1, 0.15) is 20.7 Å². The maximum Gasteiger partial charge on any atom is 0.261 e. The van der Waals surface area contributed by atoms with Gasteiger partial charge in [0.05, 0.1) is 11.1 Å². The molecule has 0 aliphatic carbocycles. The summed E-state index contributed by atoms with van der Waals surface area (Å²) in [7, 11) is 0. The highest BCUT2D eigenvalue weighted by molar-refractivity contribution is 6.21. The van der Waals surface area contributed by atoms with E-state index in [9.17, 15) is 9.59 Å². The first-order valence-electron chi connectivity index (χ1n) is 8.14. The average Bonchev–Trinajstić information content (AvgIpc) is 2.90. The minimum atomic E-state index is -0.238. The fourth-order valence-corrected chi connectivity index (χ4v) is 2.95. The Morgan fingerprint density at radius 2 is 1.88 bits per heavy atom. The number of fused-ring (bicyclic) bond motifs is 2. The summed E-state index contributed by atoms with van der Waals surface area (Å²) >= 11 is 0. The standard InChI is InChI=1S/C18H17N3O4/c22-17-13-4-1-2-5-14(13)18(23)21(17)9-8-19-10-12-11-24-15-6-3-7-20-16(15)25-12/h1-7,12,19H,8-11H2. The molecular weight excluding hydrogens is 322 g/mol. The highest BCUT2D eigenvalue weighted by atomic mass is 16.6. The first-order chi connectivity index (χ1) is 12.2. The third kappa shape index (κ3) is 2.94. The Balaban J connectivity index is 1.27. The summed E-state index contributed by atoms with van der Waals surface area (Å²) in [6, 6.07) is 10.5. The number of hydrogen-bond acceptors (Lipinski definition) is 6. The molecule has 4 rings (SSSR count). The van der Waals surface area contributed by atoms with E-state index in [1.807, 2.05) is 6.07 Å². The Morgan fingerprint density at radius 1 is 1.12 bits per heavy atom. The van der Waals surface area contributed by atoms with E-state index in [0.29, 0.717) is 49.0 Å². The highest BCUT2D eigenvalue weighted by Gasteiger charge is 2.34. The molecule has 0 saturated heterocycles. The molecule has 0 bridgehead atoms. The van der Waals surface area contributed by atoms with Crippen LogP contribution >= 0.6 is 0 Å². The number of nitrogens with zero attached hydrogens (tertiary/aromatic N) is 2. The fourth-order valence-electron chi connectivity index (χ4n) is 2.95. The number of carbonyl (C=O) groups excluding carboxylic acids is 2. The number of imide groups is 1. The molecule has 1 unspecified atom stereocenters. The van der Waals surface area contributed by atoms with E-state index in [2.05, 4.69) is 10.3 Å². The van der Waals surface area contributed by atoms with Crippen molar-refractivity contribution in [2.45, 2.75) is 6.10 Å². The van der Waals surface area contributed by atoms with Crippen molar-refractivity contribution >= 4 is 11.8 Å². The summed E-state index contributed by atoms with van der Waals surface area (Å²) in [6.45, 7) is 1.77. The van der Waals surface area contributed by atoms with Crippen LogP contribution in [-0.2, 0) is 0 Å². The van der Waals surface area contributed by atoms with E-state index in [-0.39, 0.29) is 17.9 Å². The lowest BCUT2D eigenvalue weighted by Gasteiger charge is -2.25. The lowest BCUT2D eigenvalue weighted by Crippen LogP contribution is -2.42. The lowest BCUT2D eigenvalue weighted by atomic mass is 10.1. The zero-order valence-electron chi connectivity index (χ0n) is 13.5. The number of aromatic nitrogens is 1. The zero-order valence-corrected chi connectivity index (χ0v) is 13.5. The summed E-state index contributed by atoms with van der Waals surface area (Å²) < 4.78 is 11.3. The quantitative estimate of drug-likeness (QED) is 0.649. The number of nitrogens with one attached hydrogen (secondary N) is 1. The van der Waals surface area contributed by atoms with Gasteiger partial charge >= 0.3 is 0 Å². The van der Waals surface area contributed by atoms with Crippen LogP contribution < -0.4 is 14.8 Å². The number of carbonyl (C=O) groups is 2. The normalized spacial score (nSPS) is 18.4. The van der Waals surface area contributed by atoms with Crippen molar-refractivity contribution < 1.29 is 19.1 Å². The van der Waals surface area contributed by atoms with Gasteiger partial charge in [-0.3, -0.25) is 14.5 Å². The van der Waals surface area contributed by atoms with Crippen molar-refractivity contribution in [1.82, 2.24) is 15.2 Å². The van der Waals surface area contributed by atoms with Gasteiger partial charge in [0.2, 0.25) is 0 Å². The van der Waals surface area contributed by atoms with Gasteiger partial charge < -0.3 is 14.8 Å². The molecule has 1 atom stereocenters. The van der Waals surface area contributed by atoms with Crippen LogP contribution in [0.15, 0.2) is 42.6 Å².